The molecule has 0 unspecified atom stereocenters. The topological polar surface area (TPSA) is 88.1 Å². The number of nitrogens with zero attached hydrogens (tertiary/aromatic N) is 2. The normalized spacial score (nSPS) is 15.8. The Morgan fingerprint density at radius 1 is 1.06 bits per heavy atom. The van der Waals surface area contributed by atoms with Gasteiger partial charge in [-0.25, -0.2) is 13.4 Å². The van der Waals surface area contributed by atoms with E-state index in [0.29, 0.717) is 35.7 Å². The summed E-state index contributed by atoms with van der Waals surface area (Å²) in [6.07, 6.45) is 1.57. The maximum Gasteiger partial charge on any atom is 0.274 e. The molecule has 3 aromatic carbocycles. The van der Waals surface area contributed by atoms with E-state index in [2.05, 4.69) is 4.72 Å². The smallest absolute Gasteiger partial charge is 0.274 e. The van der Waals surface area contributed by atoms with Crippen LogP contribution in [0.2, 0.25) is 0 Å². The van der Waals surface area contributed by atoms with Gasteiger partial charge in [-0.3, -0.25) is 9.52 Å². The van der Waals surface area contributed by atoms with Gasteiger partial charge in [0.25, 0.3) is 5.91 Å². The van der Waals surface area contributed by atoms with Crippen LogP contribution < -0.4 is 9.46 Å². The lowest BCUT2D eigenvalue weighted by atomic mass is 9.97. The van der Waals surface area contributed by atoms with Crippen molar-refractivity contribution >= 4 is 27.3 Å². The summed E-state index contributed by atoms with van der Waals surface area (Å²) < 4.78 is 31.6. The number of hydrogen-bond donors (Lipinski definition) is 1. The molecular weight excluding hydrogens is 438 g/mol. The van der Waals surface area contributed by atoms with Crippen LogP contribution in [0.5, 0.6) is 5.75 Å². The van der Waals surface area contributed by atoms with Crippen LogP contribution in [0.3, 0.4) is 0 Å². The highest BCUT2D eigenvalue weighted by atomic mass is 32.2. The Bertz CT molecular complexity index is 1290. The Morgan fingerprint density at radius 2 is 1.79 bits per heavy atom. The molecule has 0 spiro atoms. The second-order valence-corrected chi connectivity index (χ2v) is 9.46. The molecule has 1 amide bonds. The number of nitrogens with one attached hydrogen (secondary N) is 1. The van der Waals surface area contributed by atoms with Crippen LogP contribution in [0.1, 0.15) is 40.9 Å². The first-order valence-electron chi connectivity index (χ1n) is 10.6. The zero-order valence-electron chi connectivity index (χ0n) is 18.4. The third-order valence-electron chi connectivity index (χ3n) is 5.22. The van der Waals surface area contributed by atoms with Gasteiger partial charge in [0.2, 0.25) is 10.0 Å². The molecule has 8 heteroatoms. The van der Waals surface area contributed by atoms with Crippen LogP contribution in [0, 0.1) is 0 Å². The Balaban J connectivity index is 1.75. The highest BCUT2D eigenvalue weighted by molar-refractivity contribution is 7.92. The number of sulfonamides is 1. The molecule has 0 fully saturated rings. The Hall–Kier alpha value is -3.65. The number of hydrazone groups is 1. The van der Waals surface area contributed by atoms with Gasteiger partial charge in [-0.05, 0) is 42.8 Å². The fourth-order valence-electron chi connectivity index (χ4n) is 3.85. The molecule has 0 saturated carbocycles. The first kappa shape index (κ1) is 22.5. The van der Waals surface area contributed by atoms with Gasteiger partial charge in [0.05, 0.1) is 24.6 Å². The summed E-state index contributed by atoms with van der Waals surface area (Å²) in [6.45, 7) is 2.42. The van der Waals surface area contributed by atoms with E-state index in [4.69, 9.17) is 9.84 Å². The van der Waals surface area contributed by atoms with Gasteiger partial charge in [0.1, 0.15) is 5.75 Å². The van der Waals surface area contributed by atoms with Crippen molar-refractivity contribution in [1.29, 1.82) is 0 Å². The molecule has 0 saturated heterocycles. The number of carbonyl (C=O) groups is 1. The molecule has 1 atom stereocenters. The standard InChI is InChI=1S/C25H25N3O4S/c1-3-32-24-15-8-7-14-21(24)23-17-22(19-12-9-13-20(16-19)27-33(2,30)31)26-28(23)25(29)18-10-5-4-6-11-18/h4-16,23,27H,3,17H2,1-2H3/t23-/m1/s1. The molecule has 1 N–H and O–H groups in total. The van der Waals surface area contributed by atoms with Crippen molar-refractivity contribution in [3.05, 3.63) is 95.6 Å². The third-order valence-corrected chi connectivity index (χ3v) is 5.82. The first-order chi connectivity index (χ1) is 15.9. The Kier molecular flexibility index (Phi) is 6.46. The summed E-state index contributed by atoms with van der Waals surface area (Å²) in [5.41, 5.74) is 3.28. The van der Waals surface area contributed by atoms with Gasteiger partial charge in [0, 0.05) is 23.2 Å². The minimum absolute atomic E-state index is 0.215. The average Bonchev–Trinajstić information content (AvgIpc) is 3.24. The predicted molar refractivity (Wildman–Crippen MR) is 129 cm³/mol. The zero-order valence-corrected chi connectivity index (χ0v) is 19.2. The van der Waals surface area contributed by atoms with E-state index in [0.717, 1.165) is 17.4 Å². The van der Waals surface area contributed by atoms with Crippen molar-refractivity contribution in [2.45, 2.75) is 19.4 Å². The zero-order chi connectivity index (χ0) is 23.4. The molecule has 0 radical (unpaired) electrons. The van der Waals surface area contributed by atoms with Crippen LogP contribution in [0.4, 0.5) is 5.69 Å². The third kappa shape index (κ3) is 5.23. The summed E-state index contributed by atoms with van der Waals surface area (Å²) in [6, 6.07) is 23.3. The summed E-state index contributed by atoms with van der Waals surface area (Å²) in [5, 5.41) is 6.20. The van der Waals surface area contributed by atoms with E-state index in [1.54, 1.807) is 30.3 Å². The van der Waals surface area contributed by atoms with Gasteiger partial charge in [-0.2, -0.15) is 5.10 Å². The van der Waals surface area contributed by atoms with Crippen LogP contribution in [-0.4, -0.2) is 37.9 Å². The molecule has 1 aliphatic rings. The van der Waals surface area contributed by atoms with Crippen molar-refractivity contribution in [3.8, 4) is 5.75 Å². The molecule has 1 heterocycles. The minimum Gasteiger partial charge on any atom is -0.494 e. The average molecular weight is 464 g/mol. The second-order valence-electron chi connectivity index (χ2n) is 7.71. The molecule has 0 bridgehead atoms. The lowest BCUT2D eigenvalue weighted by Gasteiger charge is -2.24. The molecule has 170 valence electrons. The van der Waals surface area contributed by atoms with E-state index in [1.165, 1.54) is 5.01 Å². The monoisotopic (exact) mass is 463 g/mol. The molecule has 7 nitrogen and oxygen atoms in total. The van der Waals surface area contributed by atoms with E-state index in [9.17, 15) is 13.2 Å². The van der Waals surface area contributed by atoms with Gasteiger partial charge >= 0.3 is 0 Å². The van der Waals surface area contributed by atoms with E-state index >= 15 is 0 Å². The Morgan fingerprint density at radius 3 is 2.52 bits per heavy atom. The lowest BCUT2D eigenvalue weighted by molar-refractivity contribution is 0.0709. The highest BCUT2D eigenvalue weighted by Gasteiger charge is 2.35. The molecular formula is C25H25N3O4S. The molecule has 4 rings (SSSR count). The van der Waals surface area contributed by atoms with E-state index in [1.807, 2.05) is 55.5 Å². The number of amides is 1. The maximum absolute atomic E-state index is 13.4. The van der Waals surface area contributed by atoms with Crippen LogP contribution in [0.15, 0.2) is 84.0 Å². The van der Waals surface area contributed by atoms with Crippen LogP contribution in [-0.2, 0) is 10.0 Å². The van der Waals surface area contributed by atoms with Crippen molar-refractivity contribution < 1.29 is 17.9 Å². The molecule has 3 aromatic rings. The quantitative estimate of drug-likeness (QED) is 0.561. The van der Waals surface area contributed by atoms with Crippen molar-refractivity contribution in [1.82, 2.24) is 5.01 Å². The Labute approximate surface area is 193 Å². The summed E-state index contributed by atoms with van der Waals surface area (Å²) in [7, 11) is -3.41. The molecule has 0 aliphatic carbocycles. The van der Waals surface area contributed by atoms with Crippen LogP contribution in [0.25, 0.3) is 0 Å². The van der Waals surface area contributed by atoms with Gasteiger partial charge < -0.3 is 4.74 Å². The molecule has 33 heavy (non-hydrogen) atoms. The summed E-state index contributed by atoms with van der Waals surface area (Å²) in [5.74, 6) is 0.493. The summed E-state index contributed by atoms with van der Waals surface area (Å²) >= 11 is 0. The van der Waals surface area contributed by atoms with E-state index < -0.39 is 10.0 Å². The fourth-order valence-corrected chi connectivity index (χ4v) is 4.40. The highest BCUT2D eigenvalue weighted by Crippen LogP contribution is 2.38. The summed E-state index contributed by atoms with van der Waals surface area (Å²) in [4.78, 5) is 13.4. The number of hydrogen-bond acceptors (Lipinski definition) is 5. The molecule has 1 aliphatic heterocycles. The number of anilines is 1. The first-order valence-corrected chi connectivity index (χ1v) is 12.5. The van der Waals surface area contributed by atoms with Gasteiger partial charge in [-0.15, -0.1) is 0 Å². The number of ether oxygens (including phenoxy) is 1. The second kappa shape index (κ2) is 9.46. The van der Waals surface area contributed by atoms with Gasteiger partial charge in [0.15, 0.2) is 0 Å². The largest absolute Gasteiger partial charge is 0.494 e. The number of para-hydroxylation sites is 1. The SMILES string of the molecule is CCOc1ccccc1[C@H]1CC(c2cccc(NS(C)(=O)=O)c2)=NN1C(=O)c1ccccc1. The number of rotatable bonds is 7. The molecule has 0 aromatic heterocycles. The van der Waals surface area contributed by atoms with Crippen molar-refractivity contribution in [2.75, 3.05) is 17.6 Å². The van der Waals surface area contributed by atoms with Crippen LogP contribution >= 0.6 is 0 Å². The van der Waals surface area contributed by atoms with Crippen molar-refractivity contribution in [3.63, 3.8) is 0 Å². The number of carbonyl (C=O) groups excluding carboxylic acids is 1. The predicted octanol–water partition coefficient (Wildman–Crippen LogP) is 4.45. The lowest BCUT2D eigenvalue weighted by Crippen LogP contribution is -2.27. The minimum atomic E-state index is -3.41. The maximum atomic E-state index is 13.4. The van der Waals surface area contributed by atoms with Gasteiger partial charge in [-0.1, -0.05) is 48.5 Å². The van der Waals surface area contributed by atoms with Crippen molar-refractivity contribution in [2.24, 2.45) is 5.10 Å². The fraction of sp³-hybridized carbons (Fsp3) is 0.200. The van der Waals surface area contributed by atoms with E-state index in [-0.39, 0.29) is 11.9 Å². The number of benzene rings is 3.